The second kappa shape index (κ2) is 5.60. The Kier molecular flexibility index (Phi) is 4.33. The minimum absolute atomic E-state index is 0.646. The van der Waals surface area contributed by atoms with Gasteiger partial charge in [0.15, 0.2) is 0 Å². The Balaban J connectivity index is 2.10. The molecule has 4 nitrogen and oxygen atoms in total. The normalized spacial score (nSPS) is 9.85. The lowest BCUT2D eigenvalue weighted by Gasteiger charge is -1.93. The first kappa shape index (κ1) is 10.1. The van der Waals surface area contributed by atoms with Gasteiger partial charge in [-0.2, -0.15) is 5.26 Å². The molecule has 1 aromatic heterocycles. The number of hydrogen-bond donors (Lipinski definition) is 1. The Labute approximate surface area is 81.8 Å². The van der Waals surface area contributed by atoms with Crippen LogP contribution in [0.15, 0.2) is 5.16 Å². The van der Waals surface area contributed by atoms with Crippen LogP contribution >= 0.6 is 11.8 Å². The zero-order chi connectivity index (χ0) is 9.52. The minimum atomic E-state index is 0.646. The van der Waals surface area contributed by atoms with Gasteiger partial charge in [-0.1, -0.05) is 11.8 Å². The molecule has 1 heterocycles. The number of nitriles is 1. The standard InChI is InChI=1S/C8H12N4S/c1-7-10-8(12-11-7)13-6-4-2-3-5-9/h2-4,6H2,1H3,(H,10,11,12). The van der Waals surface area contributed by atoms with Crippen LogP contribution in [0.1, 0.15) is 25.1 Å². The van der Waals surface area contributed by atoms with Crippen LogP contribution in [0.2, 0.25) is 0 Å². The number of nitrogens with zero attached hydrogens (tertiary/aromatic N) is 3. The highest BCUT2D eigenvalue weighted by molar-refractivity contribution is 7.99. The summed E-state index contributed by atoms with van der Waals surface area (Å²) in [5.41, 5.74) is 0. The van der Waals surface area contributed by atoms with Crippen molar-refractivity contribution in [1.29, 1.82) is 5.26 Å². The number of H-pyrrole nitrogens is 1. The summed E-state index contributed by atoms with van der Waals surface area (Å²) in [6.45, 7) is 1.88. The molecule has 0 aliphatic rings. The molecule has 70 valence electrons. The van der Waals surface area contributed by atoms with Gasteiger partial charge < -0.3 is 0 Å². The summed E-state index contributed by atoms with van der Waals surface area (Å²) in [5, 5.41) is 15.9. The summed E-state index contributed by atoms with van der Waals surface area (Å²) < 4.78 is 0. The third-order valence-electron chi connectivity index (χ3n) is 1.49. The third kappa shape index (κ3) is 3.95. The molecule has 0 saturated heterocycles. The van der Waals surface area contributed by atoms with Crippen molar-refractivity contribution in [2.24, 2.45) is 0 Å². The van der Waals surface area contributed by atoms with Gasteiger partial charge in [-0.15, -0.1) is 5.10 Å². The van der Waals surface area contributed by atoms with Gasteiger partial charge in [-0.25, -0.2) is 4.98 Å². The summed E-state index contributed by atoms with van der Waals surface area (Å²) in [4.78, 5) is 4.16. The molecule has 0 aliphatic heterocycles. The van der Waals surface area contributed by atoms with Crippen molar-refractivity contribution in [3.63, 3.8) is 0 Å². The van der Waals surface area contributed by atoms with E-state index in [4.69, 9.17) is 5.26 Å². The predicted molar refractivity (Wildman–Crippen MR) is 51.3 cm³/mol. The molecule has 0 amide bonds. The molecule has 1 rings (SSSR count). The molecule has 0 aromatic carbocycles. The zero-order valence-corrected chi connectivity index (χ0v) is 8.39. The number of hydrogen-bond acceptors (Lipinski definition) is 4. The van der Waals surface area contributed by atoms with E-state index in [2.05, 4.69) is 21.3 Å². The van der Waals surface area contributed by atoms with Gasteiger partial charge >= 0.3 is 0 Å². The number of thioether (sulfide) groups is 1. The largest absolute Gasteiger partial charge is 0.262 e. The molecule has 0 saturated carbocycles. The Morgan fingerprint density at radius 2 is 2.38 bits per heavy atom. The molecule has 0 atom stereocenters. The summed E-state index contributed by atoms with van der Waals surface area (Å²) >= 11 is 1.63. The number of nitrogens with one attached hydrogen (secondary N) is 1. The first-order valence-electron chi connectivity index (χ1n) is 4.21. The summed E-state index contributed by atoms with van der Waals surface area (Å²) in [6.07, 6.45) is 2.66. The summed E-state index contributed by atoms with van der Waals surface area (Å²) in [5.74, 6) is 1.83. The first-order chi connectivity index (χ1) is 6.33. The Bertz CT molecular complexity index is 289. The fourth-order valence-corrected chi connectivity index (χ4v) is 1.70. The number of rotatable bonds is 5. The van der Waals surface area contributed by atoms with Crippen LogP contribution in [-0.2, 0) is 0 Å². The monoisotopic (exact) mass is 196 g/mol. The average molecular weight is 196 g/mol. The molecular weight excluding hydrogens is 184 g/mol. The van der Waals surface area contributed by atoms with Crippen molar-refractivity contribution in [1.82, 2.24) is 15.2 Å². The second-order valence-corrected chi connectivity index (χ2v) is 3.73. The second-order valence-electron chi connectivity index (χ2n) is 2.67. The van der Waals surface area contributed by atoms with Crippen LogP contribution in [0.5, 0.6) is 0 Å². The van der Waals surface area contributed by atoms with Crippen molar-refractivity contribution in [3.05, 3.63) is 5.82 Å². The van der Waals surface area contributed by atoms with Gasteiger partial charge in [-0.3, -0.25) is 5.10 Å². The van der Waals surface area contributed by atoms with Crippen molar-refractivity contribution in [2.45, 2.75) is 31.3 Å². The predicted octanol–water partition coefficient (Wildman–Crippen LogP) is 1.90. The topological polar surface area (TPSA) is 65.4 Å². The summed E-state index contributed by atoms with van der Waals surface area (Å²) in [7, 11) is 0. The van der Waals surface area contributed by atoms with E-state index in [9.17, 15) is 0 Å². The van der Waals surface area contributed by atoms with Crippen LogP contribution in [0.25, 0.3) is 0 Å². The van der Waals surface area contributed by atoms with E-state index in [1.54, 1.807) is 11.8 Å². The molecule has 0 aliphatic carbocycles. The van der Waals surface area contributed by atoms with Crippen LogP contribution in [0, 0.1) is 18.3 Å². The lowest BCUT2D eigenvalue weighted by molar-refractivity contribution is 0.827. The van der Waals surface area contributed by atoms with E-state index in [1.807, 2.05) is 6.92 Å². The van der Waals surface area contributed by atoms with Gasteiger partial charge in [0.25, 0.3) is 0 Å². The molecule has 0 spiro atoms. The number of aromatic amines is 1. The van der Waals surface area contributed by atoms with Crippen molar-refractivity contribution in [2.75, 3.05) is 5.75 Å². The van der Waals surface area contributed by atoms with E-state index in [-0.39, 0.29) is 0 Å². The zero-order valence-electron chi connectivity index (χ0n) is 7.58. The van der Waals surface area contributed by atoms with Crippen molar-refractivity contribution in [3.8, 4) is 6.07 Å². The van der Waals surface area contributed by atoms with Gasteiger partial charge in [0.05, 0.1) is 6.07 Å². The molecule has 1 N–H and O–H groups in total. The van der Waals surface area contributed by atoms with E-state index >= 15 is 0 Å². The van der Waals surface area contributed by atoms with Gasteiger partial charge in [0.1, 0.15) is 5.82 Å². The first-order valence-corrected chi connectivity index (χ1v) is 5.20. The highest BCUT2D eigenvalue weighted by Gasteiger charge is 1.99. The molecule has 5 heteroatoms. The van der Waals surface area contributed by atoms with E-state index in [0.29, 0.717) is 6.42 Å². The van der Waals surface area contributed by atoms with Gasteiger partial charge in [0.2, 0.25) is 5.16 Å². The average Bonchev–Trinajstić information content (AvgIpc) is 2.51. The summed E-state index contributed by atoms with van der Waals surface area (Å²) in [6, 6.07) is 2.12. The van der Waals surface area contributed by atoms with Crippen LogP contribution in [-0.4, -0.2) is 20.9 Å². The smallest absolute Gasteiger partial charge is 0.208 e. The maximum absolute atomic E-state index is 8.30. The van der Waals surface area contributed by atoms with E-state index in [1.165, 1.54) is 0 Å². The fourth-order valence-electron chi connectivity index (χ4n) is 0.856. The van der Waals surface area contributed by atoms with Crippen LogP contribution in [0.3, 0.4) is 0 Å². The van der Waals surface area contributed by atoms with Crippen molar-refractivity contribution >= 4 is 11.8 Å². The van der Waals surface area contributed by atoms with Crippen molar-refractivity contribution < 1.29 is 0 Å². The number of aromatic nitrogens is 3. The fraction of sp³-hybridized carbons (Fsp3) is 0.625. The number of aryl methyl sites for hydroxylation is 1. The number of unbranched alkanes of at least 4 members (excludes halogenated alkanes) is 2. The lowest BCUT2D eigenvalue weighted by Crippen LogP contribution is -1.82. The quantitative estimate of drug-likeness (QED) is 0.577. The van der Waals surface area contributed by atoms with Crippen LogP contribution < -0.4 is 0 Å². The molecule has 0 radical (unpaired) electrons. The third-order valence-corrected chi connectivity index (χ3v) is 2.42. The SMILES string of the molecule is Cc1nc(SCCCCC#N)n[nH]1. The Morgan fingerprint density at radius 3 is 3.00 bits per heavy atom. The maximum Gasteiger partial charge on any atom is 0.208 e. The molecular formula is C8H12N4S. The molecule has 0 fully saturated rings. The van der Waals surface area contributed by atoms with E-state index in [0.717, 1.165) is 29.6 Å². The molecule has 0 unspecified atom stereocenters. The van der Waals surface area contributed by atoms with Gasteiger partial charge in [0, 0.05) is 12.2 Å². The Morgan fingerprint density at radius 1 is 1.54 bits per heavy atom. The molecule has 13 heavy (non-hydrogen) atoms. The van der Waals surface area contributed by atoms with E-state index < -0.39 is 0 Å². The van der Waals surface area contributed by atoms with Crippen LogP contribution in [0.4, 0.5) is 0 Å². The highest BCUT2D eigenvalue weighted by atomic mass is 32.2. The molecule has 0 bridgehead atoms. The lowest BCUT2D eigenvalue weighted by atomic mass is 10.3. The molecule has 1 aromatic rings. The highest BCUT2D eigenvalue weighted by Crippen LogP contribution is 2.14. The van der Waals surface area contributed by atoms with Gasteiger partial charge in [-0.05, 0) is 19.8 Å². The maximum atomic E-state index is 8.30. The minimum Gasteiger partial charge on any atom is -0.262 e. The Hall–Kier alpha value is -1.02.